The SMILES string of the molecule is COC(=O)[C@@H]1C[C@@H](OC(C)=O)[C@@H](CC=O)N1C(=O)OC(C)(C)C. The van der Waals surface area contributed by atoms with E-state index in [0.29, 0.717) is 6.29 Å². The molecule has 1 fully saturated rings. The number of carbonyl (C=O) groups is 4. The molecule has 0 radical (unpaired) electrons. The third kappa shape index (κ3) is 4.94. The number of hydrogen-bond donors (Lipinski definition) is 0. The Morgan fingerprint density at radius 2 is 1.87 bits per heavy atom. The lowest BCUT2D eigenvalue weighted by molar-refractivity contribution is -0.148. The number of likely N-dealkylation sites (tertiary alicyclic amines) is 1. The molecule has 1 saturated heterocycles. The zero-order valence-corrected chi connectivity index (χ0v) is 14.0. The van der Waals surface area contributed by atoms with Crippen LogP contribution in [0.25, 0.3) is 0 Å². The van der Waals surface area contributed by atoms with Gasteiger partial charge in [0.15, 0.2) is 0 Å². The predicted octanol–water partition coefficient (Wildman–Crippen LogP) is 1.06. The van der Waals surface area contributed by atoms with Crippen LogP contribution in [0.2, 0.25) is 0 Å². The first-order chi connectivity index (χ1) is 10.6. The second-order valence-corrected chi connectivity index (χ2v) is 6.28. The Morgan fingerprint density at radius 3 is 2.30 bits per heavy atom. The van der Waals surface area contributed by atoms with Gasteiger partial charge >= 0.3 is 18.0 Å². The number of rotatable bonds is 4. The van der Waals surface area contributed by atoms with Crippen LogP contribution in [0.5, 0.6) is 0 Å². The number of carbonyl (C=O) groups excluding carboxylic acids is 4. The Kier molecular flexibility index (Phi) is 6.12. The molecular formula is C15H23NO7. The zero-order chi connectivity index (χ0) is 17.8. The van der Waals surface area contributed by atoms with Crippen molar-refractivity contribution in [2.24, 2.45) is 0 Å². The van der Waals surface area contributed by atoms with Gasteiger partial charge in [-0.25, -0.2) is 9.59 Å². The van der Waals surface area contributed by atoms with Gasteiger partial charge in [-0.2, -0.15) is 0 Å². The molecule has 0 unspecified atom stereocenters. The molecule has 1 aliphatic rings. The molecule has 3 atom stereocenters. The van der Waals surface area contributed by atoms with Gasteiger partial charge in [-0.15, -0.1) is 0 Å². The molecule has 0 aromatic carbocycles. The van der Waals surface area contributed by atoms with Crippen LogP contribution in [-0.2, 0) is 28.6 Å². The van der Waals surface area contributed by atoms with E-state index in [9.17, 15) is 19.2 Å². The highest BCUT2D eigenvalue weighted by Gasteiger charge is 2.50. The van der Waals surface area contributed by atoms with Gasteiger partial charge in [0.05, 0.1) is 13.2 Å². The first-order valence-corrected chi connectivity index (χ1v) is 7.30. The van der Waals surface area contributed by atoms with Crippen molar-refractivity contribution >= 4 is 24.3 Å². The number of hydrogen-bond acceptors (Lipinski definition) is 7. The summed E-state index contributed by atoms with van der Waals surface area (Å²) in [6.45, 7) is 6.28. The molecule has 130 valence electrons. The topological polar surface area (TPSA) is 99.2 Å². The Morgan fingerprint density at radius 1 is 1.26 bits per heavy atom. The fourth-order valence-corrected chi connectivity index (χ4v) is 2.53. The molecule has 1 aliphatic heterocycles. The molecule has 8 nitrogen and oxygen atoms in total. The van der Waals surface area contributed by atoms with E-state index in [1.807, 2.05) is 0 Å². The van der Waals surface area contributed by atoms with E-state index in [1.54, 1.807) is 20.8 Å². The molecule has 0 bridgehead atoms. The summed E-state index contributed by atoms with van der Waals surface area (Å²) in [4.78, 5) is 47.8. The van der Waals surface area contributed by atoms with Crippen molar-refractivity contribution in [3.63, 3.8) is 0 Å². The lowest BCUT2D eigenvalue weighted by Gasteiger charge is -2.31. The van der Waals surface area contributed by atoms with Crippen LogP contribution in [0.1, 0.15) is 40.5 Å². The molecular weight excluding hydrogens is 306 g/mol. The fourth-order valence-electron chi connectivity index (χ4n) is 2.53. The van der Waals surface area contributed by atoms with Crippen molar-refractivity contribution in [1.82, 2.24) is 4.90 Å². The summed E-state index contributed by atoms with van der Waals surface area (Å²) in [5, 5.41) is 0. The van der Waals surface area contributed by atoms with E-state index in [2.05, 4.69) is 0 Å². The Balaban J connectivity index is 3.13. The van der Waals surface area contributed by atoms with Gasteiger partial charge in [-0.1, -0.05) is 0 Å². The molecule has 8 heteroatoms. The van der Waals surface area contributed by atoms with Crippen molar-refractivity contribution in [1.29, 1.82) is 0 Å². The van der Waals surface area contributed by atoms with Gasteiger partial charge in [-0.3, -0.25) is 9.69 Å². The fraction of sp³-hybridized carbons (Fsp3) is 0.733. The average molecular weight is 329 g/mol. The Hall–Kier alpha value is -2.12. The van der Waals surface area contributed by atoms with Gasteiger partial charge < -0.3 is 19.0 Å². The molecule has 0 aromatic rings. The van der Waals surface area contributed by atoms with Crippen molar-refractivity contribution in [3.05, 3.63) is 0 Å². The highest BCUT2D eigenvalue weighted by atomic mass is 16.6. The third-order valence-corrected chi connectivity index (χ3v) is 3.31. The summed E-state index contributed by atoms with van der Waals surface area (Å²) in [5.41, 5.74) is -0.775. The smallest absolute Gasteiger partial charge is 0.411 e. The highest BCUT2D eigenvalue weighted by Crippen LogP contribution is 2.31. The van der Waals surface area contributed by atoms with E-state index in [0.717, 1.165) is 4.90 Å². The quantitative estimate of drug-likeness (QED) is 0.432. The molecule has 0 N–H and O–H groups in total. The predicted molar refractivity (Wildman–Crippen MR) is 78.5 cm³/mol. The second-order valence-electron chi connectivity index (χ2n) is 6.28. The van der Waals surface area contributed by atoms with Crippen LogP contribution in [0, 0.1) is 0 Å². The first kappa shape index (κ1) is 18.9. The standard InChI is InChI=1S/C15H23NO7/c1-9(18)22-12-8-11(13(19)21-5)16(10(12)6-7-17)14(20)23-15(2,3)4/h7,10-12H,6,8H2,1-5H3/t10-,11+,12-/m1/s1. The van der Waals surface area contributed by atoms with Crippen LogP contribution in [0.3, 0.4) is 0 Å². The number of esters is 2. The lowest BCUT2D eigenvalue weighted by Crippen LogP contribution is -2.49. The lowest BCUT2D eigenvalue weighted by atomic mass is 10.1. The zero-order valence-electron chi connectivity index (χ0n) is 14.0. The van der Waals surface area contributed by atoms with Crippen molar-refractivity contribution < 1.29 is 33.4 Å². The van der Waals surface area contributed by atoms with Crippen LogP contribution < -0.4 is 0 Å². The van der Waals surface area contributed by atoms with Crippen LogP contribution in [0.4, 0.5) is 4.79 Å². The molecule has 1 amide bonds. The van der Waals surface area contributed by atoms with Crippen LogP contribution >= 0.6 is 0 Å². The summed E-state index contributed by atoms with van der Waals surface area (Å²) in [7, 11) is 1.20. The second kappa shape index (κ2) is 7.43. The molecule has 23 heavy (non-hydrogen) atoms. The Labute approximate surface area is 135 Å². The van der Waals surface area contributed by atoms with Gasteiger partial charge in [0.1, 0.15) is 24.0 Å². The number of nitrogens with zero attached hydrogens (tertiary/aromatic N) is 1. The highest BCUT2D eigenvalue weighted by molar-refractivity contribution is 5.83. The normalized spacial score (nSPS) is 24.0. The number of amides is 1. The molecule has 0 spiro atoms. The summed E-state index contributed by atoms with van der Waals surface area (Å²) >= 11 is 0. The first-order valence-electron chi connectivity index (χ1n) is 7.30. The van der Waals surface area contributed by atoms with Crippen molar-refractivity contribution in [2.75, 3.05) is 7.11 Å². The maximum atomic E-state index is 12.4. The van der Waals surface area contributed by atoms with Crippen LogP contribution in [0.15, 0.2) is 0 Å². The van der Waals surface area contributed by atoms with Gasteiger partial charge in [0.25, 0.3) is 0 Å². The molecule has 0 aromatic heterocycles. The van der Waals surface area contributed by atoms with Crippen molar-refractivity contribution in [2.45, 2.75) is 64.3 Å². The number of methoxy groups -OCH3 is 1. The Bertz CT molecular complexity index is 483. The minimum atomic E-state index is -0.968. The van der Waals surface area contributed by atoms with Gasteiger partial charge in [0, 0.05) is 19.8 Å². The third-order valence-electron chi connectivity index (χ3n) is 3.31. The van der Waals surface area contributed by atoms with E-state index >= 15 is 0 Å². The maximum Gasteiger partial charge on any atom is 0.411 e. The largest absolute Gasteiger partial charge is 0.467 e. The number of ether oxygens (including phenoxy) is 3. The maximum absolute atomic E-state index is 12.4. The average Bonchev–Trinajstić information content (AvgIpc) is 2.74. The monoisotopic (exact) mass is 329 g/mol. The van der Waals surface area contributed by atoms with Crippen LogP contribution in [-0.4, -0.2) is 60.1 Å². The minimum absolute atomic E-state index is 0.0595. The van der Waals surface area contributed by atoms with Gasteiger partial charge in [-0.05, 0) is 20.8 Å². The van der Waals surface area contributed by atoms with Crippen molar-refractivity contribution in [3.8, 4) is 0 Å². The van der Waals surface area contributed by atoms with E-state index < -0.39 is 41.8 Å². The minimum Gasteiger partial charge on any atom is -0.467 e. The van der Waals surface area contributed by atoms with E-state index in [-0.39, 0.29) is 12.8 Å². The summed E-state index contributed by atoms with van der Waals surface area (Å²) in [6, 6.07) is -1.74. The summed E-state index contributed by atoms with van der Waals surface area (Å²) in [5.74, 6) is -1.21. The molecule has 0 aliphatic carbocycles. The number of aldehydes is 1. The van der Waals surface area contributed by atoms with E-state index in [1.165, 1.54) is 14.0 Å². The molecule has 0 saturated carbocycles. The summed E-state index contributed by atoms with van der Waals surface area (Å²) < 4.78 is 15.2. The molecule has 1 heterocycles. The summed E-state index contributed by atoms with van der Waals surface area (Å²) in [6.07, 6.45) is -0.934. The van der Waals surface area contributed by atoms with Gasteiger partial charge in [0.2, 0.25) is 0 Å². The van der Waals surface area contributed by atoms with E-state index in [4.69, 9.17) is 14.2 Å². The molecule has 1 rings (SSSR count).